The quantitative estimate of drug-likeness (QED) is 0.236. The summed E-state index contributed by atoms with van der Waals surface area (Å²) in [5, 5.41) is 11.2. The van der Waals surface area contributed by atoms with Crippen LogP contribution in [0.3, 0.4) is 0 Å². The smallest absolute Gasteiger partial charge is 0.295 e. The predicted octanol–water partition coefficient (Wildman–Crippen LogP) is 4.72. The van der Waals surface area contributed by atoms with Gasteiger partial charge in [-0.1, -0.05) is 18.2 Å². The average Bonchev–Trinajstić information content (AvgIpc) is 3.06. The Morgan fingerprint density at radius 3 is 2.29 bits per heavy atom. The number of methoxy groups -OCH3 is 1. The average molecular weight is 468 g/mol. The van der Waals surface area contributed by atoms with Gasteiger partial charge in [-0.25, -0.2) is 0 Å². The second kappa shape index (κ2) is 11.2. The summed E-state index contributed by atoms with van der Waals surface area (Å²) >= 11 is 0. The van der Waals surface area contributed by atoms with Crippen LogP contribution in [0.1, 0.15) is 51.3 Å². The molecule has 1 aliphatic heterocycles. The van der Waals surface area contributed by atoms with E-state index in [0.29, 0.717) is 42.2 Å². The van der Waals surface area contributed by atoms with Crippen molar-refractivity contribution in [2.24, 2.45) is 0 Å². The summed E-state index contributed by atoms with van der Waals surface area (Å²) < 4.78 is 16.8. The topological polar surface area (TPSA) is 85.3 Å². The minimum absolute atomic E-state index is 0.00925. The monoisotopic (exact) mass is 467 g/mol. The van der Waals surface area contributed by atoms with E-state index in [1.165, 1.54) is 12.0 Å². The van der Waals surface area contributed by atoms with Crippen molar-refractivity contribution in [3.05, 3.63) is 65.2 Å². The normalized spacial score (nSPS) is 17.6. The molecule has 182 valence electrons. The number of ketones is 1. The Labute approximate surface area is 200 Å². The third-order valence-corrected chi connectivity index (χ3v) is 5.47. The molecule has 0 aliphatic carbocycles. The number of hydrogen-bond acceptors (Lipinski definition) is 6. The van der Waals surface area contributed by atoms with Crippen molar-refractivity contribution in [2.45, 2.75) is 52.4 Å². The van der Waals surface area contributed by atoms with E-state index in [4.69, 9.17) is 14.2 Å². The van der Waals surface area contributed by atoms with Crippen molar-refractivity contribution in [1.29, 1.82) is 0 Å². The van der Waals surface area contributed by atoms with Crippen molar-refractivity contribution in [3.63, 3.8) is 0 Å². The molecule has 1 atom stereocenters. The third kappa shape index (κ3) is 5.59. The molecule has 0 spiro atoms. The molecule has 1 heterocycles. The molecule has 0 bridgehead atoms. The highest BCUT2D eigenvalue weighted by Crippen LogP contribution is 2.42. The van der Waals surface area contributed by atoms with Crippen LogP contribution in [0.15, 0.2) is 54.1 Å². The molecule has 2 aromatic rings. The van der Waals surface area contributed by atoms with E-state index in [-0.39, 0.29) is 23.5 Å². The van der Waals surface area contributed by atoms with Crippen LogP contribution in [0, 0.1) is 0 Å². The Morgan fingerprint density at radius 1 is 1.00 bits per heavy atom. The SMILES string of the molecule is COc1ccccc1C1/C(=C(/O)c2ccc(OC(C)C)cc2)C(=O)C(=O)N1CCCOC(C)C. The van der Waals surface area contributed by atoms with Crippen LogP contribution in [0.4, 0.5) is 0 Å². The third-order valence-electron chi connectivity index (χ3n) is 5.47. The van der Waals surface area contributed by atoms with Gasteiger partial charge in [0, 0.05) is 24.3 Å². The van der Waals surface area contributed by atoms with Crippen molar-refractivity contribution >= 4 is 17.4 Å². The van der Waals surface area contributed by atoms with Gasteiger partial charge in [0.15, 0.2) is 0 Å². The second-order valence-electron chi connectivity index (χ2n) is 8.70. The number of hydrogen-bond donors (Lipinski definition) is 1. The molecule has 0 saturated carbocycles. The maximum absolute atomic E-state index is 13.2. The van der Waals surface area contributed by atoms with E-state index >= 15 is 0 Å². The highest BCUT2D eigenvalue weighted by molar-refractivity contribution is 6.46. The standard InChI is InChI=1S/C27H33NO6/c1-17(2)33-16-8-15-28-24(21-9-6-7-10-22(21)32-5)23(26(30)27(28)31)25(29)19-11-13-20(14-12-19)34-18(3)4/h6-7,9-14,17-18,24,29H,8,15-16H2,1-5H3/b25-23-. The number of carbonyl (C=O) groups excluding carboxylic acids is 2. The van der Waals surface area contributed by atoms with E-state index in [9.17, 15) is 14.7 Å². The van der Waals surface area contributed by atoms with E-state index in [2.05, 4.69) is 0 Å². The van der Waals surface area contributed by atoms with Crippen LogP contribution in [-0.4, -0.2) is 54.2 Å². The summed E-state index contributed by atoms with van der Waals surface area (Å²) in [7, 11) is 1.54. The summed E-state index contributed by atoms with van der Waals surface area (Å²) in [4.78, 5) is 27.7. The van der Waals surface area contributed by atoms with Gasteiger partial charge in [-0.15, -0.1) is 0 Å². The van der Waals surface area contributed by atoms with Crippen molar-refractivity contribution in [2.75, 3.05) is 20.3 Å². The van der Waals surface area contributed by atoms with Gasteiger partial charge in [-0.3, -0.25) is 9.59 Å². The Morgan fingerprint density at radius 2 is 1.68 bits per heavy atom. The van der Waals surface area contributed by atoms with Crippen LogP contribution in [0.25, 0.3) is 5.76 Å². The van der Waals surface area contributed by atoms with E-state index in [1.54, 1.807) is 36.4 Å². The van der Waals surface area contributed by atoms with Gasteiger partial charge in [0.1, 0.15) is 17.3 Å². The van der Waals surface area contributed by atoms with Gasteiger partial charge in [0.2, 0.25) is 0 Å². The van der Waals surface area contributed by atoms with Gasteiger partial charge in [-0.05, 0) is 64.4 Å². The molecule has 2 aromatic carbocycles. The number of nitrogens with zero attached hydrogens (tertiary/aromatic N) is 1. The molecule has 1 unspecified atom stereocenters. The molecular formula is C27H33NO6. The number of carbonyl (C=O) groups is 2. The Hall–Kier alpha value is -3.32. The van der Waals surface area contributed by atoms with Gasteiger partial charge < -0.3 is 24.2 Å². The molecule has 3 rings (SSSR count). The largest absolute Gasteiger partial charge is 0.507 e. The zero-order valence-electron chi connectivity index (χ0n) is 20.4. The molecule has 1 fully saturated rings. The molecule has 1 saturated heterocycles. The number of rotatable bonds is 10. The highest BCUT2D eigenvalue weighted by atomic mass is 16.5. The first-order valence-electron chi connectivity index (χ1n) is 11.5. The Balaban J connectivity index is 2.04. The first-order chi connectivity index (χ1) is 16.2. The number of aliphatic hydroxyl groups is 1. The van der Waals surface area contributed by atoms with E-state index < -0.39 is 17.7 Å². The fraction of sp³-hybridized carbons (Fsp3) is 0.407. The predicted molar refractivity (Wildman–Crippen MR) is 130 cm³/mol. The molecule has 7 heteroatoms. The van der Waals surface area contributed by atoms with Gasteiger partial charge in [0.05, 0.1) is 30.9 Å². The number of likely N-dealkylation sites (tertiary alicyclic amines) is 1. The lowest BCUT2D eigenvalue weighted by atomic mass is 9.94. The number of ether oxygens (including phenoxy) is 3. The first-order valence-corrected chi connectivity index (χ1v) is 11.5. The van der Waals surface area contributed by atoms with E-state index in [1.807, 2.05) is 39.8 Å². The highest BCUT2D eigenvalue weighted by Gasteiger charge is 2.46. The molecule has 1 amide bonds. The summed E-state index contributed by atoms with van der Waals surface area (Å²) in [6.45, 7) is 8.50. The van der Waals surface area contributed by atoms with Gasteiger partial charge in [0.25, 0.3) is 11.7 Å². The molecule has 1 aliphatic rings. The summed E-state index contributed by atoms with van der Waals surface area (Å²) in [5.41, 5.74) is 1.10. The fourth-order valence-electron chi connectivity index (χ4n) is 4.00. The lowest BCUT2D eigenvalue weighted by molar-refractivity contribution is -0.140. The van der Waals surface area contributed by atoms with Crippen LogP contribution >= 0.6 is 0 Å². The molecular weight excluding hydrogens is 434 g/mol. The van der Waals surface area contributed by atoms with Crippen LogP contribution in [0.2, 0.25) is 0 Å². The van der Waals surface area contributed by atoms with Crippen molar-refractivity contribution < 1.29 is 28.9 Å². The Kier molecular flexibility index (Phi) is 8.34. The summed E-state index contributed by atoms with van der Waals surface area (Å²) in [6.07, 6.45) is 0.635. The number of Topliss-reactive ketones (excluding diaryl/α,β-unsaturated/α-hetero) is 1. The second-order valence-corrected chi connectivity index (χ2v) is 8.70. The van der Waals surface area contributed by atoms with Crippen molar-refractivity contribution in [1.82, 2.24) is 4.90 Å². The fourth-order valence-corrected chi connectivity index (χ4v) is 4.00. The molecule has 34 heavy (non-hydrogen) atoms. The van der Waals surface area contributed by atoms with Gasteiger partial charge >= 0.3 is 0 Å². The van der Waals surface area contributed by atoms with E-state index in [0.717, 1.165) is 0 Å². The minimum Gasteiger partial charge on any atom is -0.507 e. The summed E-state index contributed by atoms with van der Waals surface area (Å²) in [6, 6.07) is 13.2. The summed E-state index contributed by atoms with van der Waals surface area (Å²) in [5.74, 6) is -0.420. The number of para-hydroxylation sites is 1. The van der Waals surface area contributed by atoms with Crippen molar-refractivity contribution in [3.8, 4) is 11.5 Å². The molecule has 0 aromatic heterocycles. The molecule has 1 N–H and O–H groups in total. The first kappa shape index (κ1) is 25.3. The lowest BCUT2D eigenvalue weighted by Gasteiger charge is -2.26. The lowest BCUT2D eigenvalue weighted by Crippen LogP contribution is -2.31. The zero-order chi connectivity index (χ0) is 24.8. The maximum atomic E-state index is 13.2. The Bertz CT molecular complexity index is 1040. The number of aliphatic hydroxyl groups excluding tert-OH is 1. The minimum atomic E-state index is -0.776. The molecule has 0 radical (unpaired) electrons. The van der Waals surface area contributed by atoms with Crippen LogP contribution < -0.4 is 9.47 Å². The zero-order valence-corrected chi connectivity index (χ0v) is 20.4. The van der Waals surface area contributed by atoms with Gasteiger partial charge in [-0.2, -0.15) is 0 Å². The van der Waals surface area contributed by atoms with Crippen LogP contribution in [-0.2, 0) is 14.3 Å². The molecule has 7 nitrogen and oxygen atoms in total. The van der Waals surface area contributed by atoms with Crippen LogP contribution in [0.5, 0.6) is 11.5 Å². The maximum Gasteiger partial charge on any atom is 0.295 e. The number of amides is 1. The number of benzene rings is 2.